The zero-order valence-corrected chi connectivity index (χ0v) is 10.8. The van der Waals surface area contributed by atoms with Crippen molar-refractivity contribution in [2.24, 2.45) is 5.92 Å². The lowest BCUT2D eigenvalue weighted by atomic mass is 9.89. The first-order chi connectivity index (χ1) is 7.27. The van der Waals surface area contributed by atoms with Crippen LogP contribution in [0.25, 0.3) is 0 Å². The second-order valence-corrected chi connectivity index (χ2v) is 5.37. The van der Waals surface area contributed by atoms with Crippen LogP contribution in [-0.4, -0.2) is 9.55 Å². The summed E-state index contributed by atoms with van der Waals surface area (Å²) in [7, 11) is 0. The molecule has 0 bridgehead atoms. The van der Waals surface area contributed by atoms with E-state index in [9.17, 15) is 4.79 Å². The van der Waals surface area contributed by atoms with Gasteiger partial charge >= 0.3 is 0 Å². The summed E-state index contributed by atoms with van der Waals surface area (Å²) in [6.45, 7) is 0.850. The Bertz CT molecular complexity index is 382. The van der Waals surface area contributed by atoms with Crippen LogP contribution >= 0.6 is 22.6 Å². The van der Waals surface area contributed by atoms with Crippen LogP contribution in [0.5, 0.6) is 0 Å². The Hall–Kier alpha value is -0.390. The van der Waals surface area contributed by atoms with E-state index in [0.29, 0.717) is 9.49 Å². The second kappa shape index (κ2) is 5.09. The number of rotatable bonds is 2. The monoisotopic (exact) mass is 318 g/mol. The van der Waals surface area contributed by atoms with Gasteiger partial charge in [-0.05, 0) is 41.4 Å². The number of halogens is 1. The van der Waals surface area contributed by atoms with Gasteiger partial charge in [0.1, 0.15) is 0 Å². The Kier molecular flexibility index (Phi) is 3.77. The largest absolute Gasteiger partial charge is 0.298 e. The molecule has 15 heavy (non-hydrogen) atoms. The maximum absolute atomic E-state index is 11.8. The molecule has 3 nitrogen and oxygen atoms in total. The lowest BCUT2D eigenvalue weighted by Crippen LogP contribution is -2.26. The first-order valence-corrected chi connectivity index (χ1v) is 6.55. The van der Waals surface area contributed by atoms with Gasteiger partial charge in [-0.1, -0.05) is 19.3 Å². The van der Waals surface area contributed by atoms with Crippen LogP contribution in [0.4, 0.5) is 0 Å². The number of nitrogens with zero attached hydrogens (tertiary/aromatic N) is 2. The van der Waals surface area contributed by atoms with Crippen molar-refractivity contribution in [3.8, 4) is 0 Å². The summed E-state index contributed by atoms with van der Waals surface area (Å²) in [4.78, 5) is 15.8. The average molecular weight is 318 g/mol. The highest BCUT2D eigenvalue weighted by Crippen LogP contribution is 2.24. The summed E-state index contributed by atoms with van der Waals surface area (Å²) >= 11 is 2.05. The Morgan fingerprint density at radius 3 is 2.87 bits per heavy atom. The standard InChI is InChI=1S/C11H15IN2O/c12-10-6-13-8-14(11(10)15)7-9-4-2-1-3-5-9/h6,8-9H,1-5,7H2. The molecular formula is C11H15IN2O. The first kappa shape index (κ1) is 11.1. The third kappa shape index (κ3) is 2.80. The van der Waals surface area contributed by atoms with Gasteiger partial charge in [0, 0.05) is 12.7 Å². The van der Waals surface area contributed by atoms with Gasteiger partial charge in [0.15, 0.2) is 0 Å². The minimum Gasteiger partial charge on any atom is -0.298 e. The molecule has 4 heteroatoms. The van der Waals surface area contributed by atoms with Crippen molar-refractivity contribution in [2.45, 2.75) is 38.6 Å². The van der Waals surface area contributed by atoms with Crippen molar-refractivity contribution in [1.82, 2.24) is 9.55 Å². The molecule has 2 rings (SSSR count). The molecule has 1 fully saturated rings. The van der Waals surface area contributed by atoms with Gasteiger partial charge in [-0.25, -0.2) is 4.98 Å². The van der Waals surface area contributed by atoms with E-state index in [-0.39, 0.29) is 5.56 Å². The van der Waals surface area contributed by atoms with Gasteiger partial charge in [0.05, 0.1) is 9.90 Å². The molecule has 0 spiro atoms. The van der Waals surface area contributed by atoms with Gasteiger partial charge in [-0.2, -0.15) is 0 Å². The highest BCUT2D eigenvalue weighted by atomic mass is 127. The Labute approximate surface area is 103 Å². The summed E-state index contributed by atoms with van der Waals surface area (Å²) < 4.78 is 2.48. The summed E-state index contributed by atoms with van der Waals surface area (Å²) in [5.74, 6) is 0.677. The van der Waals surface area contributed by atoms with Gasteiger partial charge in [-0.3, -0.25) is 9.36 Å². The van der Waals surface area contributed by atoms with Crippen molar-refractivity contribution in [2.75, 3.05) is 0 Å². The van der Waals surface area contributed by atoms with Gasteiger partial charge in [-0.15, -0.1) is 0 Å². The van der Waals surface area contributed by atoms with Crippen molar-refractivity contribution in [1.29, 1.82) is 0 Å². The van der Waals surface area contributed by atoms with E-state index < -0.39 is 0 Å². The van der Waals surface area contributed by atoms with Crippen LogP contribution in [0, 0.1) is 9.49 Å². The number of hydrogen-bond acceptors (Lipinski definition) is 2. The predicted octanol–water partition coefficient (Wildman–Crippen LogP) is 2.43. The quantitative estimate of drug-likeness (QED) is 0.785. The molecule has 1 heterocycles. The maximum Gasteiger partial charge on any atom is 0.266 e. The van der Waals surface area contributed by atoms with E-state index in [0.717, 1.165) is 6.54 Å². The van der Waals surface area contributed by atoms with Crippen molar-refractivity contribution in [3.05, 3.63) is 26.4 Å². The highest BCUT2D eigenvalue weighted by Gasteiger charge is 2.14. The molecule has 0 atom stereocenters. The second-order valence-electron chi connectivity index (χ2n) is 4.20. The minimum absolute atomic E-state index is 0.108. The molecule has 82 valence electrons. The van der Waals surface area contributed by atoms with Crippen LogP contribution in [0.2, 0.25) is 0 Å². The molecule has 0 radical (unpaired) electrons. The first-order valence-electron chi connectivity index (χ1n) is 5.47. The highest BCUT2D eigenvalue weighted by molar-refractivity contribution is 14.1. The molecule has 1 saturated carbocycles. The summed E-state index contributed by atoms with van der Waals surface area (Å²) in [6, 6.07) is 0. The SMILES string of the molecule is O=c1c(I)cncn1CC1CCCCC1. The predicted molar refractivity (Wildman–Crippen MR) is 67.8 cm³/mol. The summed E-state index contributed by atoms with van der Waals surface area (Å²) in [5, 5.41) is 0. The topological polar surface area (TPSA) is 34.9 Å². The number of hydrogen-bond donors (Lipinski definition) is 0. The molecule has 0 amide bonds. The zero-order chi connectivity index (χ0) is 10.7. The molecule has 0 N–H and O–H groups in total. The van der Waals surface area contributed by atoms with Crippen molar-refractivity contribution in [3.63, 3.8) is 0 Å². The van der Waals surface area contributed by atoms with E-state index in [1.807, 2.05) is 22.6 Å². The van der Waals surface area contributed by atoms with Crippen LogP contribution in [0.15, 0.2) is 17.3 Å². The average Bonchev–Trinajstić information content (AvgIpc) is 2.26. The zero-order valence-electron chi connectivity index (χ0n) is 8.66. The summed E-state index contributed by atoms with van der Waals surface area (Å²) in [6.07, 6.45) is 9.80. The molecule has 1 aliphatic carbocycles. The van der Waals surface area contributed by atoms with Crippen LogP contribution in [0.1, 0.15) is 32.1 Å². The molecule has 0 aromatic carbocycles. The van der Waals surface area contributed by atoms with Gasteiger partial charge in [0.2, 0.25) is 0 Å². The third-order valence-corrected chi connectivity index (χ3v) is 3.78. The third-order valence-electron chi connectivity index (χ3n) is 3.04. The fourth-order valence-corrected chi connectivity index (χ4v) is 2.67. The molecule has 0 unspecified atom stereocenters. The van der Waals surface area contributed by atoms with Crippen LogP contribution in [-0.2, 0) is 6.54 Å². The molecule has 1 aromatic heterocycles. The minimum atomic E-state index is 0.108. The smallest absolute Gasteiger partial charge is 0.266 e. The normalized spacial score (nSPS) is 17.9. The maximum atomic E-state index is 11.8. The molecule has 0 saturated heterocycles. The Balaban J connectivity index is 2.09. The van der Waals surface area contributed by atoms with E-state index in [1.165, 1.54) is 32.1 Å². The van der Waals surface area contributed by atoms with Gasteiger partial charge < -0.3 is 0 Å². The van der Waals surface area contributed by atoms with Crippen molar-refractivity contribution >= 4 is 22.6 Å². The number of aromatic nitrogens is 2. The lowest BCUT2D eigenvalue weighted by molar-refractivity contribution is 0.314. The fraction of sp³-hybridized carbons (Fsp3) is 0.636. The molecule has 1 aliphatic rings. The van der Waals surface area contributed by atoms with Crippen molar-refractivity contribution < 1.29 is 0 Å². The Morgan fingerprint density at radius 1 is 1.40 bits per heavy atom. The lowest BCUT2D eigenvalue weighted by Gasteiger charge is -2.21. The van der Waals surface area contributed by atoms with E-state index in [2.05, 4.69) is 4.98 Å². The molecule has 1 aromatic rings. The van der Waals surface area contributed by atoms with E-state index in [4.69, 9.17) is 0 Å². The summed E-state index contributed by atoms with van der Waals surface area (Å²) in [5.41, 5.74) is 0.108. The van der Waals surface area contributed by atoms with E-state index >= 15 is 0 Å². The molecular weight excluding hydrogens is 303 g/mol. The van der Waals surface area contributed by atoms with Gasteiger partial charge in [0.25, 0.3) is 5.56 Å². The van der Waals surface area contributed by atoms with E-state index in [1.54, 1.807) is 17.1 Å². The molecule has 0 aliphatic heterocycles. The fourth-order valence-electron chi connectivity index (χ4n) is 2.20. The van der Waals surface area contributed by atoms with Crippen LogP contribution in [0.3, 0.4) is 0 Å². The van der Waals surface area contributed by atoms with Crippen LogP contribution < -0.4 is 5.56 Å². The Morgan fingerprint density at radius 2 is 2.13 bits per heavy atom.